The van der Waals surface area contributed by atoms with Gasteiger partial charge in [-0.05, 0) is 64.0 Å². The minimum atomic E-state index is -0.613. The van der Waals surface area contributed by atoms with Crippen molar-refractivity contribution in [3.63, 3.8) is 0 Å². The molecule has 0 aliphatic carbocycles. The zero-order valence-electron chi connectivity index (χ0n) is 15.7. The summed E-state index contributed by atoms with van der Waals surface area (Å²) in [5.74, 6) is -0.436. The van der Waals surface area contributed by atoms with Crippen LogP contribution in [0.25, 0.3) is 0 Å². The van der Waals surface area contributed by atoms with Crippen molar-refractivity contribution in [1.82, 2.24) is 5.43 Å². The number of non-ortho nitro benzene ring substituents is 1. The second kappa shape index (κ2) is 10.2. The van der Waals surface area contributed by atoms with Gasteiger partial charge in [0.2, 0.25) is 5.76 Å². The van der Waals surface area contributed by atoms with Crippen molar-refractivity contribution in [3.8, 4) is 11.5 Å². The molecule has 0 radical (unpaired) electrons. The quantitative estimate of drug-likeness (QED) is 0.168. The van der Waals surface area contributed by atoms with Gasteiger partial charge in [0.05, 0.1) is 21.9 Å². The third kappa shape index (κ3) is 6.24. The van der Waals surface area contributed by atoms with Crippen LogP contribution in [-0.2, 0) is 4.79 Å². The lowest BCUT2D eigenvalue weighted by Gasteiger charge is -2.06. The maximum atomic E-state index is 11.8. The number of nitro groups is 1. The maximum absolute atomic E-state index is 11.8. The average molecular weight is 488 g/mol. The first-order chi connectivity index (χ1) is 14.9. The molecule has 0 fully saturated rings. The molecule has 31 heavy (non-hydrogen) atoms. The molecule has 1 aromatic heterocycles. The van der Waals surface area contributed by atoms with E-state index in [1.54, 1.807) is 30.3 Å². The van der Waals surface area contributed by atoms with Gasteiger partial charge in [0, 0.05) is 12.1 Å². The van der Waals surface area contributed by atoms with E-state index in [0.29, 0.717) is 15.8 Å². The monoisotopic (exact) mass is 487 g/mol. The third-order valence-corrected chi connectivity index (χ3v) is 4.32. The summed E-state index contributed by atoms with van der Waals surface area (Å²) in [6.45, 7) is -0.338. The number of amides is 1. The fourth-order valence-electron chi connectivity index (χ4n) is 2.25. The van der Waals surface area contributed by atoms with E-state index >= 15 is 0 Å². The van der Waals surface area contributed by atoms with Crippen LogP contribution < -0.4 is 14.9 Å². The molecule has 3 rings (SSSR count). The van der Waals surface area contributed by atoms with E-state index in [2.05, 4.69) is 26.5 Å². The van der Waals surface area contributed by atoms with Gasteiger partial charge in [0.1, 0.15) is 11.5 Å². The molecule has 0 unspecified atom stereocenters. The van der Waals surface area contributed by atoms with E-state index < -0.39 is 16.8 Å². The molecule has 0 aliphatic heterocycles. The summed E-state index contributed by atoms with van der Waals surface area (Å²) in [6.07, 6.45) is 2.78. The van der Waals surface area contributed by atoms with Gasteiger partial charge in [-0.15, -0.1) is 0 Å². The molecule has 11 heteroatoms. The van der Waals surface area contributed by atoms with Crippen LogP contribution in [0.1, 0.15) is 16.1 Å². The maximum Gasteiger partial charge on any atom is 0.379 e. The lowest BCUT2D eigenvalue weighted by Crippen LogP contribution is -2.24. The number of hydrogen-bond acceptors (Lipinski definition) is 8. The van der Waals surface area contributed by atoms with Gasteiger partial charge in [-0.2, -0.15) is 5.10 Å². The van der Waals surface area contributed by atoms with Crippen LogP contribution in [0.5, 0.6) is 11.5 Å². The molecule has 3 aromatic rings. The van der Waals surface area contributed by atoms with Crippen LogP contribution >= 0.6 is 15.9 Å². The molecule has 0 aliphatic rings. The topological polar surface area (TPSA) is 133 Å². The summed E-state index contributed by atoms with van der Waals surface area (Å²) >= 11 is 3.15. The normalized spacial score (nSPS) is 10.6. The molecule has 0 saturated carbocycles. The number of hydrazone groups is 1. The van der Waals surface area contributed by atoms with Crippen molar-refractivity contribution in [2.75, 3.05) is 6.61 Å². The Balaban J connectivity index is 1.46. The minimum Gasteiger partial charge on any atom is -0.483 e. The predicted octanol–water partition coefficient (Wildman–Crippen LogP) is 3.70. The number of furan rings is 1. The van der Waals surface area contributed by atoms with E-state index in [1.807, 2.05) is 0 Å². The van der Waals surface area contributed by atoms with E-state index in [4.69, 9.17) is 13.9 Å². The number of nitrogens with zero attached hydrogens (tertiary/aromatic N) is 2. The second-order valence-electron chi connectivity index (χ2n) is 5.89. The van der Waals surface area contributed by atoms with Crippen LogP contribution in [0.2, 0.25) is 0 Å². The molecular weight excluding hydrogens is 474 g/mol. The van der Waals surface area contributed by atoms with Gasteiger partial charge in [0.25, 0.3) is 11.6 Å². The van der Waals surface area contributed by atoms with Crippen LogP contribution in [0.4, 0.5) is 5.69 Å². The molecule has 1 N–H and O–H groups in total. The van der Waals surface area contributed by atoms with Crippen LogP contribution in [-0.4, -0.2) is 29.6 Å². The van der Waals surface area contributed by atoms with Gasteiger partial charge in [-0.25, -0.2) is 10.2 Å². The first kappa shape index (κ1) is 21.7. The Morgan fingerprint density at radius 1 is 1.19 bits per heavy atom. The van der Waals surface area contributed by atoms with Gasteiger partial charge >= 0.3 is 5.97 Å². The summed E-state index contributed by atoms with van der Waals surface area (Å²) in [7, 11) is 0. The SMILES string of the molecule is O=C(COc1ccc([N+](=O)[O-])cc1Br)N/N=C/c1ccc(OC(=O)c2ccco2)cc1. The summed E-state index contributed by atoms with van der Waals surface area (Å²) in [4.78, 5) is 33.8. The molecule has 158 valence electrons. The highest BCUT2D eigenvalue weighted by molar-refractivity contribution is 9.10. The first-order valence-corrected chi connectivity index (χ1v) is 9.46. The van der Waals surface area contributed by atoms with Gasteiger partial charge in [-0.3, -0.25) is 14.9 Å². The van der Waals surface area contributed by atoms with Crippen molar-refractivity contribution in [1.29, 1.82) is 0 Å². The number of nitrogens with one attached hydrogen (secondary N) is 1. The Hall–Kier alpha value is -3.99. The Morgan fingerprint density at radius 2 is 1.97 bits per heavy atom. The Kier molecular flexibility index (Phi) is 7.12. The van der Waals surface area contributed by atoms with E-state index in [-0.39, 0.29) is 23.8 Å². The molecule has 0 bridgehead atoms. The number of esters is 1. The lowest BCUT2D eigenvalue weighted by atomic mass is 10.2. The number of hydrogen-bond donors (Lipinski definition) is 1. The molecule has 10 nitrogen and oxygen atoms in total. The Labute approximate surface area is 183 Å². The zero-order valence-corrected chi connectivity index (χ0v) is 17.3. The average Bonchev–Trinajstić information content (AvgIpc) is 3.29. The van der Waals surface area contributed by atoms with Crippen molar-refractivity contribution < 1.29 is 28.4 Å². The highest BCUT2D eigenvalue weighted by atomic mass is 79.9. The largest absolute Gasteiger partial charge is 0.483 e. The predicted molar refractivity (Wildman–Crippen MR) is 112 cm³/mol. The van der Waals surface area contributed by atoms with Crippen LogP contribution in [0.3, 0.4) is 0 Å². The van der Waals surface area contributed by atoms with E-state index in [1.165, 1.54) is 36.7 Å². The Morgan fingerprint density at radius 3 is 2.61 bits per heavy atom. The molecule has 2 aromatic carbocycles. The van der Waals surface area contributed by atoms with E-state index in [9.17, 15) is 19.7 Å². The van der Waals surface area contributed by atoms with Crippen molar-refractivity contribution in [2.45, 2.75) is 0 Å². The number of halogens is 1. The zero-order chi connectivity index (χ0) is 22.2. The highest BCUT2D eigenvalue weighted by Crippen LogP contribution is 2.28. The van der Waals surface area contributed by atoms with Crippen LogP contribution in [0, 0.1) is 10.1 Å². The van der Waals surface area contributed by atoms with Crippen LogP contribution in [0.15, 0.2) is 74.9 Å². The lowest BCUT2D eigenvalue weighted by molar-refractivity contribution is -0.384. The number of ether oxygens (including phenoxy) is 2. The smallest absolute Gasteiger partial charge is 0.379 e. The van der Waals surface area contributed by atoms with Crippen molar-refractivity contribution >= 4 is 39.7 Å². The summed E-state index contributed by atoms with van der Waals surface area (Å²) in [6, 6.07) is 13.4. The number of rotatable bonds is 8. The fourth-order valence-corrected chi connectivity index (χ4v) is 2.73. The number of nitro benzene ring substituents is 1. The number of carbonyl (C=O) groups is 2. The molecule has 0 saturated heterocycles. The fraction of sp³-hybridized carbons (Fsp3) is 0.0500. The molecule has 1 amide bonds. The summed E-state index contributed by atoms with van der Waals surface area (Å²) in [5, 5.41) is 14.5. The standard InChI is InChI=1S/C20H14BrN3O7/c21-16-10-14(24(27)28)5-8-17(16)30-12-19(25)23-22-11-13-3-6-15(7-4-13)31-20(26)18-2-1-9-29-18/h1-11H,12H2,(H,23,25)/b22-11+. The molecule has 0 atom stereocenters. The van der Waals surface area contributed by atoms with Gasteiger partial charge in [0.15, 0.2) is 6.61 Å². The summed E-state index contributed by atoms with van der Waals surface area (Å²) < 4.78 is 15.8. The summed E-state index contributed by atoms with van der Waals surface area (Å²) in [5.41, 5.74) is 2.85. The Bertz CT molecular complexity index is 1110. The first-order valence-electron chi connectivity index (χ1n) is 8.67. The minimum absolute atomic E-state index is 0.0938. The van der Waals surface area contributed by atoms with Crippen molar-refractivity contribution in [2.24, 2.45) is 5.10 Å². The van der Waals surface area contributed by atoms with Crippen molar-refractivity contribution in [3.05, 3.63) is 86.8 Å². The number of benzene rings is 2. The molecule has 0 spiro atoms. The highest BCUT2D eigenvalue weighted by Gasteiger charge is 2.12. The van der Waals surface area contributed by atoms with E-state index in [0.717, 1.165) is 0 Å². The molecule has 1 heterocycles. The number of carbonyl (C=O) groups excluding carboxylic acids is 2. The molecular formula is C20H14BrN3O7. The van der Waals surface area contributed by atoms with Gasteiger partial charge in [-0.1, -0.05) is 0 Å². The van der Waals surface area contributed by atoms with Gasteiger partial charge < -0.3 is 13.9 Å². The second-order valence-corrected chi connectivity index (χ2v) is 6.74. The third-order valence-electron chi connectivity index (χ3n) is 3.70.